The molecule has 0 aromatic carbocycles. The van der Waals surface area contributed by atoms with Crippen molar-refractivity contribution in [3.05, 3.63) is 24.3 Å². The SMILES string of the molecule is C=C(C)/C=C/C[C@H](C)CCO. The molecular formula is C10H18O. The van der Waals surface area contributed by atoms with Crippen molar-refractivity contribution in [2.45, 2.75) is 26.7 Å². The van der Waals surface area contributed by atoms with E-state index in [1.54, 1.807) is 0 Å². The van der Waals surface area contributed by atoms with Gasteiger partial charge in [-0.05, 0) is 25.7 Å². The summed E-state index contributed by atoms with van der Waals surface area (Å²) in [5, 5.41) is 8.60. The molecule has 0 heterocycles. The molecular weight excluding hydrogens is 136 g/mol. The van der Waals surface area contributed by atoms with Crippen LogP contribution in [0.25, 0.3) is 0 Å². The molecule has 1 nitrogen and oxygen atoms in total. The molecule has 0 aromatic rings. The second-order valence-corrected chi connectivity index (χ2v) is 3.10. The maximum atomic E-state index is 8.60. The van der Waals surface area contributed by atoms with E-state index >= 15 is 0 Å². The van der Waals surface area contributed by atoms with Crippen LogP contribution in [0.1, 0.15) is 26.7 Å². The highest BCUT2D eigenvalue weighted by molar-refractivity contribution is 5.10. The van der Waals surface area contributed by atoms with Gasteiger partial charge in [0.05, 0.1) is 0 Å². The first kappa shape index (κ1) is 10.4. The first-order valence-electron chi connectivity index (χ1n) is 4.09. The molecule has 0 aromatic heterocycles. The average molecular weight is 154 g/mol. The van der Waals surface area contributed by atoms with Gasteiger partial charge in [0.25, 0.3) is 0 Å². The van der Waals surface area contributed by atoms with Crippen LogP contribution in [0.5, 0.6) is 0 Å². The smallest absolute Gasteiger partial charge is 0.0433 e. The molecule has 0 saturated heterocycles. The summed E-state index contributed by atoms with van der Waals surface area (Å²) in [6.45, 7) is 8.17. The Labute approximate surface area is 69.4 Å². The van der Waals surface area contributed by atoms with Crippen LogP contribution in [-0.2, 0) is 0 Å². The lowest BCUT2D eigenvalue weighted by molar-refractivity contribution is 0.263. The molecule has 0 radical (unpaired) electrons. The Morgan fingerprint density at radius 3 is 2.73 bits per heavy atom. The summed E-state index contributed by atoms with van der Waals surface area (Å²) < 4.78 is 0. The molecule has 1 heteroatoms. The molecule has 0 saturated carbocycles. The van der Waals surface area contributed by atoms with Crippen LogP contribution in [0.4, 0.5) is 0 Å². The average Bonchev–Trinajstić information content (AvgIpc) is 1.87. The third-order valence-corrected chi connectivity index (χ3v) is 1.56. The third kappa shape index (κ3) is 7.34. The summed E-state index contributed by atoms with van der Waals surface area (Å²) in [6.07, 6.45) is 6.06. The van der Waals surface area contributed by atoms with Gasteiger partial charge in [0.1, 0.15) is 0 Å². The number of aliphatic hydroxyl groups is 1. The van der Waals surface area contributed by atoms with Gasteiger partial charge in [-0.25, -0.2) is 0 Å². The zero-order valence-electron chi connectivity index (χ0n) is 7.51. The van der Waals surface area contributed by atoms with E-state index in [2.05, 4.69) is 19.6 Å². The Morgan fingerprint density at radius 2 is 2.27 bits per heavy atom. The van der Waals surface area contributed by atoms with Gasteiger partial charge in [-0.3, -0.25) is 0 Å². The van der Waals surface area contributed by atoms with Crippen molar-refractivity contribution in [2.24, 2.45) is 5.92 Å². The van der Waals surface area contributed by atoms with Gasteiger partial charge in [0, 0.05) is 6.61 Å². The van der Waals surface area contributed by atoms with Gasteiger partial charge in [0.15, 0.2) is 0 Å². The zero-order valence-corrected chi connectivity index (χ0v) is 7.51. The van der Waals surface area contributed by atoms with Crippen molar-refractivity contribution in [2.75, 3.05) is 6.61 Å². The number of allylic oxidation sites excluding steroid dienone is 3. The third-order valence-electron chi connectivity index (χ3n) is 1.56. The van der Waals surface area contributed by atoms with Crippen molar-refractivity contribution in [1.82, 2.24) is 0 Å². The van der Waals surface area contributed by atoms with Crippen molar-refractivity contribution in [3.63, 3.8) is 0 Å². The Hall–Kier alpha value is -0.560. The minimum Gasteiger partial charge on any atom is -0.396 e. The molecule has 0 fully saturated rings. The highest BCUT2D eigenvalue weighted by Gasteiger charge is 1.96. The Bertz CT molecular complexity index is 136. The predicted molar refractivity (Wildman–Crippen MR) is 49.4 cm³/mol. The van der Waals surface area contributed by atoms with E-state index in [-0.39, 0.29) is 0 Å². The lowest BCUT2D eigenvalue weighted by atomic mass is 10.0. The topological polar surface area (TPSA) is 20.2 Å². The second-order valence-electron chi connectivity index (χ2n) is 3.10. The van der Waals surface area contributed by atoms with Crippen LogP contribution < -0.4 is 0 Å². The fourth-order valence-electron chi connectivity index (χ4n) is 0.840. The molecule has 1 N–H and O–H groups in total. The molecule has 11 heavy (non-hydrogen) atoms. The van der Waals surface area contributed by atoms with Gasteiger partial charge < -0.3 is 5.11 Å². The molecule has 0 unspecified atom stereocenters. The van der Waals surface area contributed by atoms with Gasteiger partial charge >= 0.3 is 0 Å². The zero-order chi connectivity index (χ0) is 8.69. The first-order chi connectivity index (χ1) is 5.16. The molecule has 64 valence electrons. The maximum absolute atomic E-state index is 8.60. The van der Waals surface area contributed by atoms with Crippen LogP contribution >= 0.6 is 0 Å². The van der Waals surface area contributed by atoms with Crippen LogP contribution in [0.2, 0.25) is 0 Å². The van der Waals surface area contributed by atoms with Crippen LogP contribution in [0.3, 0.4) is 0 Å². The minimum absolute atomic E-state index is 0.294. The number of hydrogen-bond acceptors (Lipinski definition) is 1. The van der Waals surface area contributed by atoms with Gasteiger partial charge in [-0.2, -0.15) is 0 Å². The van der Waals surface area contributed by atoms with Gasteiger partial charge in [-0.1, -0.05) is 31.2 Å². The second kappa shape index (κ2) is 6.17. The van der Waals surface area contributed by atoms with Crippen molar-refractivity contribution >= 4 is 0 Å². The van der Waals surface area contributed by atoms with E-state index in [0.29, 0.717) is 12.5 Å². The molecule has 0 aliphatic heterocycles. The Balaban J connectivity index is 3.44. The summed E-state index contributed by atoms with van der Waals surface area (Å²) in [7, 11) is 0. The summed E-state index contributed by atoms with van der Waals surface area (Å²) in [4.78, 5) is 0. The van der Waals surface area contributed by atoms with E-state index in [4.69, 9.17) is 5.11 Å². The lowest BCUT2D eigenvalue weighted by Crippen LogP contribution is -1.95. The Morgan fingerprint density at radius 1 is 1.64 bits per heavy atom. The van der Waals surface area contributed by atoms with E-state index in [1.165, 1.54) is 0 Å². The standard InChI is InChI=1S/C10H18O/c1-9(2)5-4-6-10(3)7-8-11/h4-5,10-11H,1,6-8H2,2-3H3/b5-4+/t10-/m0/s1. The monoisotopic (exact) mass is 154 g/mol. The normalized spacial score (nSPS) is 13.7. The molecule has 0 aliphatic rings. The largest absolute Gasteiger partial charge is 0.396 e. The number of rotatable bonds is 5. The molecule has 0 spiro atoms. The fraction of sp³-hybridized carbons (Fsp3) is 0.600. The van der Waals surface area contributed by atoms with Crippen LogP contribution in [0.15, 0.2) is 24.3 Å². The van der Waals surface area contributed by atoms with E-state index in [0.717, 1.165) is 18.4 Å². The summed E-state index contributed by atoms with van der Waals surface area (Å²) in [6, 6.07) is 0. The van der Waals surface area contributed by atoms with Gasteiger partial charge in [-0.15, -0.1) is 0 Å². The summed E-state index contributed by atoms with van der Waals surface area (Å²) in [5.74, 6) is 0.579. The van der Waals surface area contributed by atoms with E-state index < -0.39 is 0 Å². The van der Waals surface area contributed by atoms with Crippen molar-refractivity contribution in [3.8, 4) is 0 Å². The summed E-state index contributed by atoms with van der Waals surface area (Å²) in [5.41, 5.74) is 1.08. The molecule has 0 aliphatic carbocycles. The van der Waals surface area contributed by atoms with Crippen LogP contribution in [-0.4, -0.2) is 11.7 Å². The molecule has 0 rings (SSSR count). The summed E-state index contributed by atoms with van der Waals surface area (Å²) >= 11 is 0. The molecule has 0 bridgehead atoms. The molecule has 0 amide bonds. The number of aliphatic hydroxyl groups excluding tert-OH is 1. The van der Waals surface area contributed by atoms with Crippen molar-refractivity contribution in [1.29, 1.82) is 0 Å². The van der Waals surface area contributed by atoms with Crippen LogP contribution in [0, 0.1) is 5.92 Å². The highest BCUT2D eigenvalue weighted by atomic mass is 16.2. The van der Waals surface area contributed by atoms with E-state index in [9.17, 15) is 0 Å². The highest BCUT2D eigenvalue weighted by Crippen LogP contribution is 2.07. The quantitative estimate of drug-likeness (QED) is 0.603. The Kier molecular flexibility index (Phi) is 5.86. The maximum Gasteiger partial charge on any atom is 0.0433 e. The van der Waals surface area contributed by atoms with Gasteiger partial charge in [0.2, 0.25) is 0 Å². The molecule has 1 atom stereocenters. The first-order valence-corrected chi connectivity index (χ1v) is 4.09. The predicted octanol–water partition coefficient (Wildman–Crippen LogP) is 2.53. The van der Waals surface area contributed by atoms with E-state index in [1.807, 2.05) is 13.0 Å². The minimum atomic E-state index is 0.294. The van der Waals surface area contributed by atoms with Crippen molar-refractivity contribution < 1.29 is 5.11 Å². The fourth-order valence-corrected chi connectivity index (χ4v) is 0.840. The lowest BCUT2D eigenvalue weighted by Gasteiger charge is -2.04. The number of hydrogen-bond donors (Lipinski definition) is 1.